The van der Waals surface area contributed by atoms with Crippen LogP contribution in [-0.2, 0) is 0 Å². The molecule has 3 nitrogen and oxygen atoms in total. The third-order valence-corrected chi connectivity index (χ3v) is 3.20. The second kappa shape index (κ2) is 3.17. The Balaban J connectivity index is 2.31. The van der Waals surface area contributed by atoms with Crippen molar-refractivity contribution in [2.45, 2.75) is 6.92 Å². The minimum Gasteiger partial charge on any atom is -0.270 e. The number of thiazole rings is 1. The Labute approximate surface area is 91.0 Å². The molecular formula is C11H9N3S. The molecular weight excluding hydrogens is 206 g/mol. The zero-order valence-corrected chi connectivity index (χ0v) is 9.03. The highest BCUT2D eigenvalue weighted by atomic mass is 32.1. The summed E-state index contributed by atoms with van der Waals surface area (Å²) in [6.45, 7) is 1.97. The highest BCUT2D eigenvalue weighted by Gasteiger charge is 2.09. The molecule has 0 aliphatic heterocycles. The molecule has 74 valence electrons. The van der Waals surface area contributed by atoms with Crippen molar-refractivity contribution in [1.82, 2.24) is 14.6 Å². The van der Waals surface area contributed by atoms with Crippen molar-refractivity contribution in [2.75, 3.05) is 0 Å². The number of nitrogens with zero attached hydrogens (tertiary/aromatic N) is 3. The Hall–Kier alpha value is -1.68. The van der Waals surface area contributed by atoms with Gasteiger partial charge in [0.25, 0.3) is 0 Å². The number of benzene rings is 1. The van der Waals surface area contributed by atoms with E-state index in [2.05, 4.69) is 32.1 Å². The fourth-order valence-corrected chi connectivity index (χ4v) is 2.55. The van der Waals surface area contributed by atoms with Crippen molar-refractivity contribution in [1.29, 1.82) is 0 Å². The summed E-state index contributed by atoms with van der Waals surface area (Å²) in [6.07, 6.45) is 0. The second-order valence-electron chi connectivity index (χ2n) is 3.35. The summed E-state index contributed by atoms with van der Waals surface area (Å²) in [5.74, 6) is 0.935. The van der Waals surface area contributed by atoms with Gasteiger partial charge in [0.2, 0.25) is 4.96 Å². The number of fused-ring (bicyclic) bond motifs is 1. The van der Waals surface area contributed by atoms with E-state index in [9.17, 15) is 0 Å². The lowest BCUT2D eigenvalue weighted by molar-refractivity contribution is 1.01. The van der Waals surface area contributed by atoms with Crippen LogP contribution in [0.2, 0.25) is 0 Å². The molecule has 0 aliphatic carbocycles. The van der Waals surface area contributed by atoms with Crippen molar-refractivity contribution < 1.29 is 0 Å². The van der Waals surface area contributed by atoms with Crippen molar-refractivity contribution in [3.8, 4) is 11.3 Å². The van der Waals surface area contributed by atoms with Gasteiger partial charge in [0.05, 0.1) is 5.69 Å². The van der Waals surface area contributed by atoms with E-state index in [1.165, 1.54) is 5.56 Å². The van der Waals surface area contributed by atoms with Crippen LogP contribution in [0.5, 0.6) is 0 Å². The summed E-state index contributed by atoms with van der Waals surface area (Å²) in [7, 11) is 0. The van der Waals surface area contributed by atoms with Gasteiger partial charge in [-0.05, 0) is 12.5 Å². The van der Waals surface area contributed by atoms with Gasteiger partial charge in [-0.2, -0.15) is 0 Å². The Morgan fingerprint density at radius 3 is 2.73 bits per heavy atom. The largest absolute Gasteiger partial charge is 0.270 e. The molecule has 15 heavy (non-hydrogen) atoms. The molecule has 3 rings (SSSR count). The van der Waals surface area contributed by atoms with Crippen LogP contribution < -0.4 is 0 Å². The summed E-state index contributed by atoms with van der Waals surface area (Å²) in [5.41, 5.74) is 2.37. The van der Waals surface area contributed by atoms with E-state index in [0.717, 1.165) is 16.5 Å². The van der Waals surface area contributed by atoms with Gasteiger partial charge in [0.15, 0.2) is 0 Å². The Kier molecular flexibility index (Phi) is 1.82. The van der Waals surface area contributed by atoms with Gasteiger partial charge < -0.3 is 0 Å². The normalized spacial score (nSPS) is 11.0. The van der Waals surface area contributed by atoms with E-state index in [1.807, 2.05) is 25.1 Å². The molecule has 3 aromatic rings. The summed E-state index contributed by atoms with van der Waals surface area (Å²) in [6, 6.07) is 10.3. The molecule has 0 bridgehead atoms. The molecule has 0 unspecified atom stereocenters. The lowest BCUT2D eigenvalue weighted by atomic mass is 10.2. The van der Waals surface area contributed by atoms with Crippen LogP contribution in [0.1, 0.15) is 5.82 Å². The molecule has 4 heteroatoms. The number of hydrogen-bond acceptors (Lipinski definition) is 3. The molecule has 0 fully saturated rings. The Morgan fingerprint density at radius 1 is 1.13 bits per heavy atom. The van der Waals surface area contributed by atoms with E-state index in [-0.39, 0.29) is 0 Å². The standard InChI is InChI=1S/C11H9N3S/c1-8-12-13-11-14(8)10(7-15-11)9-5-3-2-4-6-9/h2-7H,1H3. The van der Waals surface area contributed by atoms with Gasteiger partial charge in [0.1, 0.15) is 5.82 Å². The van der Waals surface area contributed by atoms with Crippen molar-refractivity contribution in [3.63, 3.8) is 0 Å². The first-order valence-electron chi connectivity index (χ1n) is 4.71. The molecule has 0 atom stereocenters. The van der Waals surface area contributed by atoms with Gasteiger partial charge in [-0.15, -0.1) is 21.5 Å². The average Bonchev–Trinajstić information content (AvgIpc) is 2.84. The maximum Gasteiger partial charge on any atom is 0.216 e. The zero-order valence-electron chi connectivity index (χ0n) is 8.21. The second-order valence-corrected chi connectivity index (χ2v) is 4.19. The van der Waals surface area contributed by atoms with Crippen molar-refractivity contribution in [3.05, 3.63) is 41.5 Å². The number of aryl methyl sites for hydroxylation is 1. The average molecular weight is 215 g/mol. The quantitative estimate of drug-likeness (QED) is 0.624. The summed E-state index contributed by atoms with van der Waals surface area (Å²) >= 11 is 1.62. The number of aromatic nitrogens is 3. The van der Waals surface area contributed by atoms with E-state index in [4.69, 9.17) is 0 Å². The first-order valence-corrected chi connectivity index (χ1v) is 5.59. The van der Waals surface area contributed by atoms with Crippen LogP contribution in [0.3, 0.4) is 0 Å². The van der Waals surface area contributed by atoms with Crippen LogP contribution in [-0.4, -0.2) is 14.6 Å². The lowest BCUT2D eigenvalue weighted by Gasteiger charge is -1.99. The summed E-state index contributed by atoms with van der Waals surface area (Å²) < 4.78 is 2.08. The van der Waals surface area contributed by atoms with Crippen molar-refractivity contribution >= 4 is 16.3 Å². The van der Waals surface area contributed by atoms with E-state index < -0.39 is 0 Å². The van der Waals surface area contributed by atoms with Crippen LogP contribution in [0, 0.1) is 6.92 Å². The van der Waals surface area contributed by atoms with E-state index in [0.29, 0.717) is 0 Å². The fourth-order valence-electron chi connectivity index (χ4n) is 1.66. The molecule has 0 radical (unpaired) electrons. The predicted molar refractivity (Wildman–Crippen MR) is 61.0 cm³/mol. The molecule has 0 aliphatic rings. The molecule has 0 saturated heterocycles. The van der Waals surface area contributed by atoms with Crippen LogP contribution >= 0.6 is 11.3 Å². The molecule has 0 amide bonds. The minimum atomic E-state index is 0.935. The SMILES string of the molecule is Cc1nnc2scc(-c3ccccc3)n12. The monoisotopic (exact) mass is 215 g/mol. The maximum absolute atomic E-state index is 4.10. The third-order valence-electron chi connectivity index (χ3n) is 2.38. The highest BCUT2D eigenvalue weighted by Crippen LogP contribution is 2.25. The van der Waals surface area contributed by atoms with Gasteiger partial charge in [-0.3, -0.25) is 4.40 Å². The Morgan fingerprint density at radius 2 is 1.93 bits per heavy atom. The number of hydrogen-bond donors (Lipinski definition) is 0. The summed E-state index contributed by atoms with van der Waals surface area (Å²) in [4.78, 5) is 0.950. The van der Waals surface area contributed by atoms with Crippen LogP contribution in [0.25, 0.3) is 16.2 Å². The molecule has 1 aromatic carbocycles. The van der Waals surface area contributed by atoms with Gasteiger partial charge >= 0.3 is 0 Å². The van der Waals surface area contributed by atoms with Crippen molar-refractivity contribution in [2.24, 2.45) is 0 Å². The zero-order chi connectivity index (χ0) is 10.3. The van der Waals surface area contributed by atoms with Crippen LogP contribution in [0.4, 0.5) is 0 Å². The van der Waals surface area contributed by atoms with Gasteiger partial charge in [-0.25, -0.2) is 0 Å². The molecule has 2 aromatic heterocycles. The third kappa shape index (κ3) is 1.26. The maximum atomic E-state index is 4.10. The summed E-state index contributed by atoms with van der Waals surface area (Å²) in [5, 5.41) is 10.3. The molecule has 0 spiro atoms. The highest BCUT2D eigenvalue weighted by molar-refractivity contribution is 7.15. The topological polar surface area (TPSA) is 30.2 Å². The number of rotatable bonds is 1. The van der Waals surface area contributed by atoms with Gasteiger partial charge in [0, 0.05) is 5.38 Å². The van der Waals surface area contributed by atoms with Gasteiger partial charge in [-0.1, -0.05) is 30.3 Å². The smallest absolute Gasteiger partial charge is 0.216 e. The minimum absolute atomic E-state index is 0.935. The molecule has 0 saturated carbocycles. The first kappa shape index (κ1) is 8.61. The van der Waals surface area contributed by atoms with E-state index >= 15 is 0 Å². The van der Waals surface area contributed by atoms with Crippen LogP contribution in [0.15, 0.2) is 35.7 Å². The molecule has 0 N–H and O–H groups in total. The fraction of sp³-hybridized carbons (Fsp3) is 0.0909. The first-order chi connectivity index (χ1) is 7.36. The Bertz CT molecular complexity index is 595. The predicted octanol–water partition coefficient (Wildman–Crippen LogP) is 2.77. The van der Waals surface area contributed by atoms with E-state index in [1.54, 1.807) is 11.3 Å². The lowest BCUT2D eigenvalue weighted by Crippen LogP contribution is -1.88. The molecule has 2 heterocycles.